The molecule has 10 heteroatoms. The molecular weight excluding hydrogens is 447 g/mol. The molecule has 2 aromatic rings. The zero-order valence-electron chi connectivity index (χ0n) is 17.0. The number of amides is 1. The molecule has 2 atom stereocenters. The Hall–Kier alpha value is -2.88. The first-order valence-electron chi connectivity index (χ1n) is 9.84. The van der Waals surface area contributed by atoms with E-state index in [1.54, 1.807) is 0 Å². The van der Waals surface area contributed by atoms with Gasteiger partial charge in [-0.25, -0.2) is 4.79 Å². The Kier molecular flexibility index (Phi) is 7.89. The standard InChI is InChI=1S/C22H22F3NO5S/c23-22(24,25)16-6-8-18(9-7-16)31-19-10-17(13-29-20(27)14-32)26(11-19)21(28)30-12-15-4-2-1-3-5-15/h1-9,17,19,32H,10-14H2/t17-,19+/m0/s1. The first-order chi connectivity index (χ1) is 15.3. The summed E-state index contributed by atoms with van der Waals surface area (Å²) in [6.45, 7) is 0.147. The van der Waals surface area contributed by atoms with E-state index in [1.807, 2.05) is 30.3 Å². The van der Waals surface area contributed by atoms with Crippen molar-refractivity contribution in [2.24, 2.45) is 0 Å². The number of halogens is 3. The maximum atomic E-state index is 12.7. The van der Waals surface area contributed by atoms with Crippen LogP contribution in [0.3, 0.4) is 0 Å². The molecule has 1 aliphatic heterocycles. The predicted octanol–water partition coefficient (Wildman–Crippen LogP) is 4.34. The van der Waals surface area contributed by atoms with Gasteiger partial charge < -0.3 is 14.2 Å². The van der Waals surface area contributed by atoms with Gasteiger partial charge >= 0.3 is 18.2 Å². The van der Waals surface area contributed by atoms with Crippen LogP contribution in [-0.4, -0.2) is 48.0 Å². The van der Waals surface area contributed by atoms with Crippen molar-refractivity contribution >= 4 is 24.7 Å². The molecule has 32 heavy (non-hydrogen) atoms. The first kappa shape index (κ1) is 23.8. The van der Waals surface area contributed by atoms with E-state index >= 15 is 0 Å². The maximum Gasteiger partial charge on any atom is 0.416 e. The minimum Gasteiger partial charge on any atom is -0.489 e. The van der Waals surface area contributed by atoms with Gasteiger partial charge in [-0.3, -0.25) is 9.69 Å². The quantitative estimate of drug-likeness (QED) is 0.483. The fourth-order valence-electron chi connectivity index (χ4n) is 3.29. The highest BCUT2D eigenvalue weighted by molar-refractivity contribution is 7.81. The third-order valence-corrected chi connectivity index (χ3v) is 5.12. The summed E-state index contributed by atoms with van der Waals surface area (Å²) in [5.74, 6) is -0.386. The molecule has 172 valence electrons. The molecule has 1 fully saturated rings. The highest BCUT2D eigenvalue weighted by atomic mass is 32.1. The number of benzene rings is 2. The molecule has 1 heterocycles. The van der Waals surface area contributed by atoms with Crippen LogP contribution in [0.1, 0.15) is 17.5 Å². The Morgan fingerprint density at radius 2 is 1.72 bits per heavy atom. The molecule has 1 saturated heterocycles. The van der Waals surface area contributed by atoms with E-state index in [9.17, 15) is 22.8 Å². The Morgan fingerprint density at radius 1 is 1.03 bits per heavy atom. The summed E-state index contributed by atoms with van der Waals surface area (Å²) >= 11 is 3.86. The summed E-state index contributed by atoms with van der Waals surface area (Å²) in [4.78, 5) is 25.6. The first-order valence-corrected chi connectivity index (χ1v) is 10.5. The predicted molar refractivity (Wildman–Crippen MR) is 112 cm³/mol. The molecule has 0 N–H and O–H groups in total. The molecule has 0 radical (unpaired) electrons. The Bertz CT molecular complexity index is 908. The van der Waals surface area contributed by atoms with E-state index < -0.39 is 35.9 Å². The Labute approximate surface area is 188 Å². The van der Waals surface area contributed by atoms with Crippen LogP contribution in [0.25, 0.3) is 0 Å². The second-order valence-electron chi connectivity index (χ2n) is 7.19. The zero-order chi connectivity index (χ0) is 23.1. The average Bonchev–Trinajstić information content (AvgIpc) is 3.19. The van der Waals surface area contributed by atoms with Crippen molar-refractivity contribution in [2.45, 2.75) is 31.3 Å². The van der Waals surface area contributed by atoms with Crippen LogP contribution < -0.4 is 4.74 Å². The Morgan fingerprint density at radius 3 is 2.34 bits per heavy atom. The number of esters is 1. The van der Waals surface area contributed by atoms with Crippen molar-refractivity contribution in [3.63, 3.8) is 0 Å². The highest BCUT2D eigenvalue weighted by Crippen LogP contribution is 2.31. The van der Waals surface area contributed by atoms with E-state index in [1.165, 1.54) is 17.0 Å². The third kappa shape index (κ3) is 6.56. The number of hydrogen-bond acceptors (Lipinski definition) is 6. The molecular formula is C22H22F3NO5S. The number of hydrogen-bond donors (Lipinski definition) is 1. The lowest BCUT2D eigenvalue weighted by Crippen LogP contribution is -2.39. The van der Waals surface area contributed by atoms with E-state index in [0.29, 0.717) is 6.42 Å². The van der Waals surface area contributed by atoms with Crippen LogP contribution in [0.4, 0.5) is 18.0 Å². The molecule has 0 bridgehead atoms. The molecule has 0 saturated carbocycles. The van der Waals surface area contributed by atoms with Gasteiger partial charge in [-0.15, -0.1) is 0 Å². The lowest BCUT2D eigenvalue weighted by atomic mass is 10.2. The van der Waals surface area contributed by atoms with E-state index in [0.717, 1.165) is 17.7 Å². The zero-order valence-corrected chi connectivity index (χ0v) is 17.9. The van der Waals surface area contributed by atoms with Crippen LogP contribution in [0.5, 0.6) is 5.75 Å². The molecule has 3 rings (SSSR count). The van der Waals surface area contributed by atoms with Gasteiger partial charge in [-0.1, -0.05) is 30.3 Å². The van der Waals surface area contributed by atoms with E-state index in [-0.39, 0.29) is 31.3 Å². The average molecular weight is 469 g/mol. The van der Waals surface area contributed by atoms with Gasteiger partial charge in [0.15, 0.2) is 0 Å². The second kappa shape index (κ2) is 10.6. The van der Waals surface area contributed by atoms with Gasteiger partial charge in [-0.2, -0.15) is 25.8 Å². The number of likely N-dealkylation sites (tertiary alicyclic amines) is 1. The molecule has 0 spiro atoms. The summed E-state index contributed by atoms with van der Waals surface area (Å²) in [5.41, 5.74) is 0.0367. The fraction of sp³-hybridized carbons (Fsp3) is 0.364. The van der Waals surface area contributed by atoms with Crippen LogP contribution in [0, 0.1) is 0 Å². The third-order valence-electron chi connectivity index (χ3n) is 4.87. The summed E-state index contributed by atoms with van der Waals surface area (Å²) < 4.78 is 54.5. The molecule has 1 aliphatic rings. The molecule has 1 amide bonds. The summed E-state index contributed by atoms with van der Waals surface area (Å²) in [6.07, 6.45) is -5.22. The van der Waals surface area contributed by atoms with Crippen LogP contribution in [-0.2, 0) is 27.1 Å². The smallest absolute Gasteiger partial charge is 0.416 e. The van der Waals surface area contributed by atoms with Crippen LogP contribution in [0.2, 0.25) is 0 Å². The van der Waals surface area contributed by atoms with Crippen molar-refractivity contribution in [1.29, 1.82) is 0 Å². The molecule has 0 unspecified atom stereocenters. The Balaban J connectivity index is 1.64. The summed E-state index contributed by atoms with van der Waals surface area (Å²) in [7, 11) is 0. The SMILES string of the molecule is O=C(CS)OC[C@@H]1C[C@@H](Oc2ccc(C(F)(F)F)cc2)CN1C(=O)OCc1ccccc1. The second-order valence-corrected chi connectivity index (χ2v) is 7.50. The molecule has 6 nitrogen and oxygen atoms in total. The fourth-order valence-corrected chi connectivity index (χ4v) is 3.38. The van der Waals surface area contributed by atoms with Gasteiger partial charge in [0.25, 0.3) is 0 Å². The normalized spacial score (nSPS) is 18.3. The number of ether oxygens (including phenoxy) is 3. The minimum absolute atomic E-state index is 0.0628. The number of nitrogens with zero attached hydrogens (tertiary/aromatic N) is 1. The maximum absolute atomic E-state index is 12.7. The summed E-state index contributed by atoms with van der Waals surface area (Å²) in [5, 5.41) is 0. The number of carbonyl (C=O) groups excluding carboxylic acids is 2. The largest absolute Gasteiger partial charge is 0.489 e. The van der Waals surface area contributed by atoms with Gasteiger partial charge in [0, 0.05) is 6.42 Å². The topological polar surface area (TPSA) is 65.1 Å². The van der Waals surface area contributed by atoms with E-state index in [4.69, 9.17) is 14.2 Å². The molecule has 0 aliphatic carbocycles. The number of alkyl halides is 3. The monoisotopic (exact) mass is 469 g/mol. The van der Waals surface area contributed by atoms with Gasteiger partial charge in [0.1, 0.15) is 25.1 Å². The van der Waals surface area contributed by atoms with Gasteiger partial charge in [0.05, 0.1) is 23.9 Å². The van der Waals surface area contributed by atoms with Gasteiger partial charge in [0.2, 0.25) is 0 Å². The van der Waals surface area contributed by atoms with Crippen LogP contribution >= 0.6 is 12.6 Å². The highest BCUT2D eigenvalue weighted by Gasteiger charge is 2.38. The minimum atomic E-state index is -4.44. The van der Waals surface area contributed by atoms with Gasteiger partial charge in [-0.05, 0) is 29.8 Å². The van der Waals surface area contributed by atoms with Crippen molar-refractivity contribution in [3.8, 4) is 5.75 Å². The molecule has 0 aromatic heterocycles. The van der Waals surface area contributed by atoms with Crippen LogP contribution in [0.15, 0.2) is 54.6 Å². The van der Waals surface area contributed by atoms with Crippen molar-refractivity contribution in [1.82, 2.24) is 4.90 Å². The lowest BCUT2D eigenvalue weighted by molar-refractivity contribution is -0.142. The van der Waals surface area contributed by atoms with Crippen molar-refractivity contribution in [3.05, 3.63) is 65.7 Å². The van der Waals surface area contributed by atoms with Crippen molar-refractivity contribution < 1.29 is 37.0 Å². The number of thiol groups is 1. The molecule has 2 aromatic carbocycles. The van der Waals surface area contributed by atoms with E-state index in [2.05, 4.69) is 12.6 Å². The number of rotatable bonds is 7. The number of carbonyl (C=O) groups is 2. The van der Waals surface area contributed by atoms with Crippen molar-refractivity contribution in [2.75, 3.05) is 18.9 Å². The summed E-state index contributed by atoms with van der Waals surface area (Å²) in [6, 6.07) is 13.0. The lowest BCUT2D eigenvalue weighted by Gasteiger charge is -2.23.